The lowest BCUT2D eigenvalue weighted by Crippen LogP contribution is -2.03. The van der Waals surface area contributed by atoms with Crippen molar-refractivity contribution in [3.63, 3.8) is 0 Å². The second-order valence-corrected chi connectivity index (χ2v) is 10.9. The summed E-state index contributed by atoms with van der Waals surface area (Å²) < 4.78 is 16.5. The van der Waals surface area contributed by atoms with Crippen LogP contribution in [0.25, 0.3) is 6.08 Å². The van der Waals surface area contributed by atoms with Gasteiger partial charge in [-0.15, -0.1) is 0 Å². The Kier molecular flexibility index (Phi) is 14.3. The number of ketones is 2. The first-order chi connectivity index (χ1) is 20.0. The number of methoxy groups -OCH3 is 2. The summed E-state index contributed by atoms with van der Waals surface area (Å²) in [6.07, 6.45) is 23.5. The van der Waals surface area contributed by atoms with Gasteiger partial charge >= 0.3 is 0 Å². The Labute approximate surface area is 247 Å². The monoisotopic (exact) mass is 560 g/mol. The predicted molar refractivity (Wildman–Crippen MR) is 167 cm³/mol. The van der Waals surface area contributed by atoms with E-state index in [9.17, 15) is 9.59 Å². The first-order valence-electron chi connectivity index (χ1n) is 15.5. The Morgan fingerprint density at radius 2 is 1.44 bits per heavy atom. The minimum absolute atomic E-state index is 0.179. The zero-order valence-electron chi connectivity index (χ0n) is 25.3. The van der Waals surface area contributed by atoms with Crippen molar-refractivity contribution >= 4 is 17.6 Å². The highest BCUT2D eigenvalue weighted by atomic mass is 16.5. The summed E-state index contributed by atoms with van der Waals surface area (Å²) in [7, 11) is 3.15. The van der Waals surface area contributed by atoms with Crippen molar-refractivity contribution in [3.8, 4) is 17.2 Å². The number of Topliss-reactive ketones (excluding diaryl/α,β-unsaturated/α-hetero) is 2. The summed E-state index contributed by atoms with van der Waals surface area (Å²) in [5.74, 6) is 2.01. The molecule has 0 bridgehead atoms. The van der Waals surface area contributed by atoms with Gasteiger partial charge in [0.2, 0.25) is 5.78 Å². The molecule has 1 heterocycles. The number of rotatable bonds is 20. The standard InChI is InChI=1S/C36H48O5/c1-4-5-6-7-8-9-10-11-12-13-14-15-16-17-18-19-30(37)24-28-20-22-32-31(25-28)36(38)35(41-32)27-29-21-23-33(39-2)34(26-29)40-3/h11-12,20-23,25-27H,4-10,13-19,24H2,1-3H3/b12-11+,35-27-. The topological polar surface area (TPSA) is 61.8 Å². The molecule has 3 rings (SSSR count). The number of fused-ring (bicyclic) bond motifs is 1. The van der Waals surface area contributed by atoms with Crippen molar-refractivity contribution in [2.45, 2.75) is 103 Å². The Morgan fingerprint density at radius 1 is 0.780 bits per heavy atom. The molecule has 5 heteroatoms. The van der Waals surface area contributed by atoms with Gasteiger partial charge in [0.15, 0.2) is 17.3 Å². The van der Waals surface area contributed by atoms with E-state index < -0.39 is 0 Å². The quantitative estimate of drug-likeness (QED) is 0.0917. The van der Waals surface area contributed by atoms with Crippen LogP contribution in [-0.4, -0.2) is 25.8 Å². The van der Waals surface area contributed by atoms with Gasteiger partial charge in [-0.25, -0.2) is 0 Å². The fourth-order valence-corrected chi connectivity index (χ4v) is 5.15. The molecule has 0 atom stereocenters. The van der Waals surface area contributed by atoms with E-state index in [4.69, 9.17) is 14.2 Å². The number of hydrogen-bond donors (Lipinski definition) is 0. The third-order valence-corrected chi connectivity index (χ3v) is 7.56. The lowest BCUT2D eigenvalue weighted by molar-refractivity contribution is -0.118. The predicted octanol–water partition coefficient (Wildman–Crippen LogP) is 9.47. The fourth-order valence-electron chi connectivity index (χ4n) is 5.15. The number of unbranched alkanes of at least 4 members (excludes halogenated alkanes) is 11. The van der Waals surface area contributed by atoms with Gasteiger partial charge in [-0.05, 0) is 73.6 Å². The second-order valence-electron chi connectivity index (χ2n) is 10.9. The molecule has 0 saturated carbocycles. The zero-order chi connectivity index (χ0) is 29.3. The molecule has 2 aromatic rings. The summed E-state index contributed by atoms with van der Waals surface area (Å²) in [5.41, 5.74) is 2.13. The third-order valence-electron chi connectivity index (χ3n) is 7.56. The lowest BCUT2D eigenvalue weighted by atomic mass is 10.00. The van der Waals surface area contributed by atoms with Crippen molar-refractivity contribution in [2.75, 3.05) is 14.2 Å². The first kappa shape index (κ1) is 32.2. The van der Waals surface area contributed by atoms with Crippen LogP contribution in [0, 0.1) is 0 Å². The van der Waals surface area contributed by atoms with E-state index in [1.807, 2.05) is 12.1 Å². The third kappa shape index (κ3) is 10.9. The van der Waals surface area contributed by atoms with Gasteiger partial charge in [0.25, 0.3) is 0 Å². The number of hydrogen-bond acceptors (Lipinski definition) is 5. The van der Waals surface area contributed by atoms with E-state index in [1.165, 1.54) is 70.6 Å². The van der Waals surface area contributed by atoms with Crippen LogP contribution >= 0.6 is 0 Å². The second kappa shape index (κ2) is 18.2. The maximum atomic E-state index is 13.0. The van der Waals surface area contributed by atoms with Gasteiger partial charge < -0.3 is 14.2 Å². The molecule has 0 saturated heterocycles. The van der Waals surface area contributed by atoms with Crippen molar-refractivity contribution in [3.05, 3.63) is 71.0 Å². The largest absolute Gasteiger partial charge is 0.493 e. The van der Waals surface area contributed by atoms with Crippen LogP contribution < -0.4 is 14.2 Å². The molecule has 2 aromatic carbocycles. The smallest absolute Gasteiger partial charge is 0.231 e. The van der Waals surface area contributed by atoms with Crippen LogP contribution in [0.3, 0.4) is 0 Å². The number of ether oxygens (including phenoxy) is 3. The van der Waals surface area contributed by atoms with Gasteiger partial charge in [-0.2, -0.15) is 0 Å². The number of allylic oxidation sites excluding steroid dienone is 3. The summed E-state index contributed by atoms with van der Waals surface area (Å²) in [6, 6.07) is 10.9. The van der Waals surface area contributed by atoms with Crippen LogP contribution in [-0.2, 0) is 11.2 Å². The van der Waals surface area contributed by atoms with E-state index >= 15 is 0 Å². The lowest BCUT2D eigenvalue weighted by Gasteiger charge is -2.08. The normalized spacial score (nSPS) is 13.5. The van der Waals surface area contributed by atoms with Gasteiger partial charge in [-0.3, -0.25) is 9.59 Å². The van der Waals surface area contributed by atoms with Gasteiger partial charge in [-0.1, -0.05) is 82.6 Å². The molecule has 0 spiro atoms. The Morgan fingerprint density at radius 3 is 2.12 bits per heavy atom. The first-order valence-corrected chi connectivity index (χ1v) is 15.5. The molecule has 0 unspecified atom stereocenters. The number of benzene rings is 2. The maximum Gasteiger partial charge on any atom is 0.231 e. The highest BCUT2D eigenvalue weighted by molar-refractivity contribution is 6.14. The van der Waals surface area contributed by atoms with Crippen LogP contribution in [0.4, 0.5) is 0 Å². The van der Waals surface area contributed by atoms with E-state index in [0.717, 1.165) is 24.0 Å². The van der Waals surface area contributed by atoms with Crippen molar-refractivity contribution < 1.29 is 23.8 Å². The van der Waals surface area contributed by atoms with Gasteiger partial charge in [0, 0.05) is 12.8 Å². The van der Waals surface area contributed by atoms with Crippen LogP contribution in [0.15, 0.2) is 54.3 Å². The highest BCUT2D eigenvalue weighted by Crippen LogP contribution is 2.34. The van der Waals surface area contributed by atoms with E-state index in [2.05, 4.69) is 19.1 Å². The molecular formula is C36H48O5. The fraction of sp³-hybridized carbons (Fsp3) is 0.500. The number of carbonyl (C=O) groups is 2. The average Bonchev–Trinajstić information content (AvgIpc) is 3.29. The molecule has 0 amide bonds. The van der Waals surface area contributed by atoms with Crippen molar-refractivity contribution in [1.82, 2.24) is 0 Å². The van der Waals surface area contributed by atoms with Crippen LogP contribution in [0.1, 0.15) is 118 Å². The molecule has 5 nitrogen and oxygen atoms in total. The van der Waals surface area contributed by atoms with Crippen LogP contribution in [0.5, 0.6) is 17.2 Å². The van der Waals surface area contributed by atoms with E-state index in [-0.39, 0.29) is 17.3 Å². The molecule has 1 aliphatic heterocycles. The summed E-state index contributed by atoms with van der Waals surface area (Å²) >= 11 is 0. The maximum absolute atomic E-state index is 13.0. The molecule has 0 fully saturated rings. The summed E-state index contributed by atoms with van der Waals surface area (Å²) in [5, 5.41) is 0. The minimum atomic E-state index is -0.179. The minimum Gasteiger partial charge on any atom is -0.493 e. The van der Waals surface area contributed by atoms with E-state index in [0.29, 0.717) is 35.7 Å². The van der Waals surface area contributed by atoms with Gasteiger partial charge in [0.1, 0.15) is 11.5 Å². The molecule has 0 N–H and O–H groups in total. The summed E-state index contributed by atoms with van der Waals surface area (Å²) in [4.78, 5) is 25.6. The van der Waals surface area contributed by atoms with Gasteiger partial charge in [0.05, 0.1) is 19.8 Å². The van der Waals surface area contributed by atoms with Crippen molar-refractivity contribution in [1.29, 1.82) is 0 Å². The van der Waals surface area contributed by atoms with Crippen LogP contribution in [0.2, 0.25) is 0 Å². The molecule has 41 heavy (non-hydrogen) atoms. The van der Waals surface area contributed by atoms with E-state index in [1.54, 1.807) is 44.6 Å². The molecule has 222 valence electrons. The SMILES string of the molecule is CCCCCCCC/C=C/CCCCCCCC(=O)Cc1ccc2c(c1)C(=O)/C(=C/c1ccc(OC)c(OC)c1)O2. The highest BCUT2D eigenvalue weighted by Gasteiger charge is 2.28. The Hall–Kier alpha value is -3.34. The molecule has 0 aliphatic carbocycles. The summed E-state index contributed by atoms with van der Waals surface area (Å²) in [6.45, 7) is 2.26. The van der Waals surface area contributed by atoms with Crippen molar-refractivity contribution in [2.24, 2.45) is 0 Å². The molecular weight excluding hydrogens is 512 g/mol. The molecule has 1 aliphatic rings. The molecule has 0 aromatic heterocycles. The number of carbonyl (C=O) groups excluding carboxylic acids is 2. The Balaban J connectivity index is 1.32. The average molecular weight is 561 g/mol. The zero-order valence-corrected chi connectivity index (χ0v) is 25.3. The molecule has 0 radical (unpaired) electrons. The Bertz CT molecular complexity index is 1180.